The Bertz CT molecular complexity index is 449. The lowest BCUT2D eigenvalue weighted by Gasteiger charge is -2.35. The fourth-order valence-electron chi connectivity index (χ4n) is 2.71. The monoisotopic (exact) mass is 279 g/mol. The number of rotatable bonds is 4. The van der Waals surface area contributed by atoms with E-state index in [9.17, 15) is 9.18 Å². The largest absolute Gasteiger partial charge is 0.330 e. The SMILES string of the molecule is CC1CN(CC(=O)Nc2ccc(F)cc2)CCC1CN. The molecule has 0 aromatic heterocycles. The minimum absolute atomic E-state index is 0.0602. The minimum Gasteiger partial charge on any atom is -0.330 e. The molecule has 110 valence electrons. The average Bonchev–Trinajstić information content (AvgIpc) is 2.41. The molecule has 20 heavy (non-hydrogen) atoms. The van der Waals surface area contributed by atoms with Gasteiger partial charge in [-0.3, -0.25) is 9.69 Å². The molecule has 1 fully saturated rings. The molecule has 1 aliphatic heterocycles. The van der Waals surface area contributed by atoms with Crippen LogP contribution in [0.5, 0.6) is 0 Å². The normalized spacial score (nSPS) is 23.6. The topological polar surface area (TPSA) is 58.4 Å². The molecule has 1 aromatic carbocycles. The third kappa shape index (κ3) is 4.02. The van der Waals surface area contributed by atoms with Gasteiger partial charge in [-0.2, -0.15) is 0 Å². The molecule has 2 atom stereocenters. The third-order valence-electron chi connectivity index (χ3n) is 3.96. The van der Waals surface area contributed by atoms with Crippen LogP contribution in [-0.4, -0.2) is 37.0 Å². The van der Waals surface area contributed by atoms with E-state index in [1.807, 2.05) is 0 Å². The van der Waals surface area contributed by atoms with Gasteiger partial charge < -0.3 is 11.1 Å². The average molecular weight is 279 g/mol. The quantitative estimate of drug-likeness (QED) is 0.881. The molecule has 0 bridgehead atoms. The number of hydrogen-bond acceptors (Lipinski definition) is 3. The maximum Gasteiger partial charge on any atom is 0.238 e. The first-order chi connectivity index (χ1) is 9.58. The van der Waals surface area contributed by atoms with Crippen LogP contribution in [0.15, 0.2) is 24.3 Å². The van der Waals surface area contributed by atoms with Gasteiger partial charge in [-0.05, 0) is 55.6 Å². The van der Waals surface area contributed by atoms with Gasteiger partial charge in [0.2, 0.25) is 5.91 Å². The summed E-state index contributed by atoms with van der Waals surface area (Å²) in [7, 11) is 0. The molecule has 1 amide bonds. The van der Waals surface area contributed by atoms with Crippen molar-refractivity contribution in [3.05, 3.63) is 30.1 Å². The Kier molecular flexibility index (Phi) is 5.09. The molecule has 0 saturated carbocycles. The van der Waals surface area contributed by atoms with Crippen molar-refractivity contribution in [2.24, 2.45) is 17.6 Å². The number of carbonyl (C=O) groups is 1. The molecule has 0 aliphatic carbocycles. The molecule has 5 heteroatoms. The fourth-order valence-corrected chi connectivity index (χ4v) is 2.71. The number of piperidine rings is 1. The Morgan fingerprint density at radius 2 is 2.15 bits per heavy atom. The van der Waals surface area contributed by atoms with Crippen molar-refractivity contribution >= 4 is 11.6 Å². The number of nitrogens with two attached hydrogens (primary N) is 1. The fraction of sp³-hybridized carbons (Fsp3) is 0.533. The lowest BCUT2D eigenvalue weighted by Crippen LogP contribution is -2.44. The van der Waals surface area contributed by atoms with E-state index in [1.165, 1.54) is 12.1 Å². The zero-order valence-corrected chi connectivity index (χ0v) is 11.8. The second-order valence-electron chi connectivity index (χ2n) is 5.55. The Morgan fingerprint density at radius 3 is 2.75 bits per heavy atom. The van der Waals surface area contributed by atoms with E-state index in [-0.39, 0.29) is 11.7 Å². The second kappa shape index (κ2) is 6.81. The second-order valence-corrected chi connectivity index (χ2v) is 5.55. The van der Waals surface area contributed by atoms with Crippen molar-refractivity contribution in [1.82, 2.24) is 4.90 Å². The van der Waals surface area contributed by atoms with Gasteiger partial charge in [0.15, 0.2) is 0 Å². The third-order valence-corrected chi connectivity index (χ3v) is 3.96. The van der Waals surface area contributed by atoms with E-state index in [0.29, 0.717) is 24.1 Å². The number of nitrogens with one attached hydrogen (secondary N) is 1. The molecule has 4 nitrogen and oxygen atoms in total. The number of anilines is 1. The van der Waals surface area contributed by atoms with Crippen LogP contribution < -0.4 is 11.1 Å². The van der Waals surface area contributed by atoms with Crippen LogP contribution in [0.4, 0.5) is 10.1 Å². The molecule has 1 saturated heterocycles. The maximum atomic E-state index is 12.8. The molecule has 3 N–H and O–H groups in total. The Labute approximate surface area is 119 Å². The van der Waals surface area contributed by atoms with E-state index in [1.54, 1.807) is 12.1 Å². The summed E-state index contributed by atoms with van der Waals surface area (Å²) >= 11 is 0. The summed E-state index contributed by atoms with van der Waals surface area (Å²) in [4.78, 5) is 14.1. The first-order valence-electron chi connectivity index (χ1n) is 7.06. The number of likely N-dealkylation sites (tertiary alicyclic amines) is 1. The van der Waals surface area contributed by atoms with Crippen LogP contribution in [0.2, 0.25) is 0 Å². The van der Waals surface area contributed by atoms with Crippen LogP contribution in [0.1, 0.15) is 13.3 Å². The first-order valence-corrected chi connectivity index (χ1v) is 7.06. The molecule has 1 aromatic rings. The lowest BCUT2D eigenvalue weighted by molar-refractivity contribution is -0.117. The summed E-state index contributed by atoms with van der Waals surface area (Å²) in [6.07, 6.45) is 1.04. The molecule has 1 aliphatic rings. The van der Waals surface area contributed by atoms with Crippen molar-refractivity contribution in [2.45, 2.75) is 13.3 Å². The van der Waals surface area contributed by atoms with Gasteiger partial charge in [0.05, 0.1) is 6.54 Å². The number of carbonyl (C=O) groups excluding carboxylic acids is 1. The Morgan fingerprint density at radius 1 is 1.45 bits per heavy atom. The van der Waals surface area contributed by atoms with Crippen molar-refractivity contribution in [3.8, 4) is 0 Å². The van der Waals surface area contributed by atoms with Crippen molar-refractivity contribution < 1.29 is 9.18 Å². The van der Waals surface area contributed by atoms with Crippen molar-refractivity contribution in [1.29, 1.82) is 0 Å². The van der Waals surface area contributed by atoms with E-state index < -0.39 is 0 Å². The molecular formula is C15H22FN3O. The van der Waals surface area contributed by atoms with Gasteiger partial charge >= 0.3 is 0 Å². The van der Waals surface area contributed by atoms with E-state index in [4.69, 9.17) is 5.73 Å². The number of nitrogens with zero attached hydrogens (tertiary/aromatic N) is 1. The summed E-state index contributed by atoms with van der Waals surface area (Å²) < 4.78 is 12.8. The molecule has 2 rings (SSSR count). The molecule has 2 unspecified atom stereocenters. The smallest absolute Gasteiger partial charge is 0.238 e. The van der Waals surface area contributed by atoms with E-state index >= 15 is 0 Å². The highest BCUT2D eigenvalue weighted by Gasteiger charge is 2.25. The Hall–Kier alpha value is -1.46. The summed E-state index contributed by atoms with van der Waals surface area (Å²) in [5, 5.41) is 2.78. The predicted octanol–water partition coefficient (Wildman–Crippen LogP) is 1.68. The summed E-state index contributed by atoms with van der Waals surface area (Å²) in [6.45, 7) is 5.08. The first kappa shape index (κ1) is 14.9. The Balaban J connectivity index is 1.81. The van der Waals surface area contributed by atoms with Crippen molar-refractivity contribution in [2.75, 3.05) is 31.5 Å². The highest BCUT2D eigenvalue weighted by Crippen LogP contribution is 2.22. The summed E-state index contributed by atoms with van der Waals surface area (Å²) in [5.41, 5.74) is 6.35. The highest BCUT2D eigenvalue weighted by atomic mass is 19.1. The van der Waals surface area contributed by atoms with Gasteiger partial charge in [0.25, 0.3) is 0 Å². The van der Waals surface area contributed by atoms with Gasteiger partial charge in [-0.1, -0.05) is 6.92 Å². The van der Waals surface area contributed by atoms with Crippen LogP contribution in [0, 0.1) is 17.7 Å². The minimum atomic E-state index is -0.305. The van der Waals surface area contributed by atoms with Crippen LogP contribution in [-0.2, 0) is 4.79 Å². The molecular weight excluding hydrogens is 257 g/mol. The highest BCUT2D eigenvalue weighted by molar-refractivity contribution is 5.92. The number of halogens is 1. The standard InChI is InChI=1S/C15H22FN3O/c1-11-9-19(7-6-12(11)8-17)10-15(20)18-14-4-2-13(16)3-5-14/h2-5,11-12H,6-10,17H2,1H3,(H,18,20). The molecule has 1 heterocycles. The van der Waals surface area contributed by atoms with Gasteiger partial charge in [-0.15, -0.1) is 0 Å². The van der Waals surface area contributed by atoms with Gasteiger partial charge in [0.1, 0.15) is 5.82 Å². The number of hydrogen-bond donors (Lipinski definition) is 2. The van der Waals surface area contributed by atoms with Gasteiger partial charge in [0, 0.05) is 12.2 Å². The van der Waals surface area contributed by atoms with E-state index in [0.717, 1.165) is 26.1 Å². The number of benzene rings is 1. The van der Waals surface area contributed by atoms with Crippen LogP contribution in [0.3, 0.4) is 0 Å². The zero-order chi connectivity index (χ0) is 14.5. The summed E-state index contributed by atoms with van der Waals surface area (Å²) in [5.74, 6) is 0.717. The van der Waals surface area contributed by atoms with Crippen LogP contribution in [0.25, 0.3) is 0 Å². The molecule has 0 radical (unpaired) electrons. The van der Waals surface area contributed by atoms with Gasteiger partial charge in [-0.25, -0.2) is 4.39 Å². The summed E-state index contributed by atoms with van der Waals surface area (Å²) in [6, 6.07) is 5.81. The lowest BCUT2D eigenvalue weighted by atomic mass is 9.87. The number of amides is 1. The maximum absolute atomic E-state index is 12.8. The zero-order valence-electron chi connectivity index (χ0n) is 11.8. The molecule has 0 spiro atoms. The van der Waals surface area contributed by atoms with E-state index in [2.05, 4.69) is 17.1 Å². The van der Waals surface area contributed by atoms with Crippen LogP contribution >= 0.6 is 0 Å². The predicted molar refractivity (Wildman–Crippen MR) is 77.8 cm³/mol. The van der Waals surface area contributed by atoms with Crippen molar-refractivity contribution in [3.63, 3.8) is 0 Å².